The average molecular weight is 386 g/mol. The van der Waals surface area contributed by atoms with Gasteiger partial charge in [-0.15, -0.1) is 0 Å². The Hall–Kier alpha value is -3.41. The molecule has 4 aromatic rings. The van der Waals surface area contributed by atoms with Crippen LogP contribution in [0.1, 0.15) is 30.0 Å². The van der Waals surface area contributed by atoms with Gasteiger partial charge in [-0.2, -0.15) is 5.10 Å². The molecule has 1 amide bonds. The zero-order valence-electron chi connectivity index (χ0n) is 16.3. The van der Waals surface area contributed by atoms with Crippen LogP contribution in [0.15, 0.2) is 59.5 Å². The summed E-state index contributed by atoms with van der Waals surface area (Å²) in [7, 11) is 1.63. The lowest BCUT2D eigenvalue weighted by atomic mass is 9.88. The predicted molar refractivity (Wildman–Crippen MR) is 113 cm³/mol. The molecule has 0 spiro atoms. The summed E-state index contributed by atoms with van der Waals surface area (Å²) >= 11 is 0. The number of rotatable bonds is 3. The minimum Gasteiger partial charge on any atom is -0.348 e. The van der Waals surface area contributed by atoms with Gasteiger partial charge in [0.2, 0.25) is 5.91 Å². The van der Waals surface area contributed by atoms with Crippen molar-refractivity contribution in [2.45, 2.75) is 31.8 Å². The standard InChI is InChI=1S/C23H22N4O2/c1-26-23(29)22-18(13-24-26)17-10-4-5-12-20(17)27(22)14-21(28)25-19-11-6-8-15-7-2-3-9-16(15)19/h2-5,7,9-10,12-13,19H,6,8,11,14H2,1H3,(H,25,28)/t19-/m1/s1. The lowest BCUT2D eigenvalue weighted by Crippen LogP contribution is -2.34. The fourth-order valence-corrected chi connectivity index (χ4v) is 4.49. The summed E-state index contributed by atoms with van der Waals surface area (Å²) in [4.78, 5) is 25.8. The third-order valence-corrected chi connectivity index (χ3v) is 5.87. The van der Waals surface area contributed by atoms with E-state index in [-0.39, 0.29) is 24.1 Å². The lowest BCUT2D eigenvalue weighted by Gasteiger charge is -2.26. The Labute approximate surface area is 167 Å². The van der Waals surface area contributed by atoms with Crippen LogP contribution >= 0.6 is 0 Å². The van der Waals surface area contributed by atoms with Gasteiger partial charge in [0.15, 0.2) is 0 Å². The molecule has 0 radical (unpaired) electrons. The molecule has 146 valence electrons. The highest BCUT2D eigenvalue weighted by atomic mass is 16.2. The average Bonchev–Trinajstić information content (AvgIpc) is 3.05. The Kier molecular flexibility index (Phi) is 4.19. The Morgan fingerprint density at radius 1 is 1.14 bits per heavy atom. The van der Waals surface area contributed by atoms with Crippen molar-refractivity contribution >= 4 is 27.7 Å². The first-order chi connectivity index (χ1) is 14.1. The van der Waals surface area contributed by atoms with E-state index in [9.17, 15) is 9.59 Å². The number of hydrogen-bond acceptors (Lipinski definition) is 3. The second kappa shape index (κ2) is 6.88. The Balaban J connectivity index is 1.53. The molecule has 5 rings (SSSR count). The molecule has 1 N–H and O–H groups in total. The van der Waals surface area contributed by atoms with Gasteiger partial charge in [0, 0.05) is 23.3 Å². The number of nitrogens with one attached hydrogen (secondary N) is 1. The van der Waals surface area contributed by atoms with Crippen LogP contribution in [0.4, 0.5) is 0 Å². The smallest absolute Gasteiger partial charge is 0.291 e. The quantitative estimate of drug-likeness (QED) is 0.588. The monoisotopic (exact) mass is 386 g/mol. The van der Waals surface area contributed by atoms with E-state index in [1.165, 1.54) is 15.8 Å². The van der Waals surface area contributed by atoms with Gasteiger partial charge in [0.05, 0.1) is 12.2 Å². The molecule has 1 aliphatic carbocycles. The van der Waals surface area contributed by atoms with Gasteiger partial charge in [-0.25, -0.2) is 4.68 Å². The number of nitrogens with zero attached hydrogens (tertiary/aromatic N) is 3. The topological polar surface area (TPSA) is 68.9 Å². The molecule has 0 aliphatic heterocycles. The highest BCUT2D eigenvalue weighted by Crippen LogP contribution is 2.30. The van der Waals surface area contributed by atoms with E-state index in [0.29, 0.717) is 5.52 Å². The van der Waals surface area contributed by atoms with Crippen molar-refractivity contribution < 1.29 is 4.79 Å². The van der Waals surface area contributed by atoms with Gasteiger partial charge in [-0.1, -0.05) is 42.5 Å². The minimum absolute atomic E-state index is 0.0186. The molecule has 0 fully saturated rings. The van der Waals surface area contributed by atoms with E-state index >= 15 is 0 Å². The molecular weight excluding hydrogens is 364 g/mol. The second-order valence-electron chi connectivity index (χ2n) is 7.65. The summed E-state index contributed by atoms with van der Waals surface area (Å²) in [6, 6.07) is 16.1. The molecule has 6 nitrogen and oxygen atoms in total. The molecular formula is C23H22N4O2. The van der Waals surface area contributed by atoms with E-state index in [4.69, 9.17) is 0 Å². The molecule has 6 heteroatoms. The number of carbonyl (C=O) groups excluding carboxylic acids is 1. The van der Waals surface area contributed by atoms with E-state index in [0.717, 1.165) is 35.6 Å². The number of amides is 1. The van der Waals surface area contributed by atoms with E-state index in [1.54, 1.807) is 13.2 Å². The summed E-state index contributed by atoms with van der Waals surface area (Å²) < 4.78 is 3.13. The Morgan fingerprint density at radius 2 is 1.93 bits per heavy atom. The number of benzene rings is 2. The summed E-state index contributed by atoms with van der Waals surface area (Å²) in [5.74, 6) is -0.0896. The van der Waals surface area contributed by atoms with Crippen molar-refractivity contribution in [1.29, 1.82) is 0 Å². The number of aryl methyl sites for hydroxylation is 2. The van der Waals surface area contributed by atoms with Crippen LogP contribution in [-0.4, -0.2) is 20.3 Å². The molecule has 1 aliphatic rings. The van der Waals surface area contributed by atoms with Crippen molar-refractivity contribution in [2.75, 3.05) is 0 Å². The largest absolute Gasteiger partial charge is 0.348 e. The Morgan fingerprint density at radius 3 is 2.83 bits per heavy atom. The first-order valence-corrected chi connectivity index (χ1v) is 9.94. The predicted octanol–water partition coefficient (Wildman–Crippen LogP) is 3.08. The fraction of sp³-hybridized carbons (Fsp3) is 0.261. The van der Waals surface area contributed by atoms with Crippen LogP contribution in [0.25, 0.3) is 21.8 Å². The van der Waals surface area contributed by atoms with Gasteiger partial charge in [0.25, 0.3) is 5.56 Å². The van der Waals surface area contributed by atoms with Crippen LogP contribution in [0.5, 0.6) is 0 Å². The summed E-state index contributed by atoms with van der Waals surface area (Å²) in [5, 5.41) is 9.06. The molecule has 2 aromatic carbocycles. The van der Waals surface area contributed by atoms with Gasteiger partial charge in [-0.3, -0.25) is 9.59 Å². The third-order valence-electron chi connectivity index (χ3n) is 5.87. The van der Waals surface area contributed by atoms with Crippen LogP contribution < -0.4 is 10.9 Å². The molecule has 0 unspecified atom stereocenters. The summed E-state index contributed by atoms with van der Waals surface area (Å²) in [6.07, 6.45) is 4.74. The zero-order chi connectivity index (χ0) is 20.0. The molecule has 0 saturated carbocycles. The van der Waals surface area contributed by atoms with Crippen molar-refractivity contribution in [2.24, 2.45) is 7.05 Å². The minimum atomic E-state index is -0.200. The number of fused-ring (bicyclic) bond motifs is 4. The second-order valence-corrected chi connectivity index (χ2v) is 7.65. The molecule has 0 bridgehead atoms. The van der Waals surface area contributed by atoms with Crippen LogP contribution in [0.3, 0.4) is 0 Å². The molecule has 1 atom stereocenters. The van der Waals surface area contributed by atoms with Crippen LogP contribution in [-0.2, 0) is 24.8 Å². The maximum Gasteiger partial charge on any atom is 0.291 e. The molecule has 2 aromatic heterocycles. The van der Waals surface area contributed by atoms with Crippen LogP contribution in [0.2, 0.25) is 0 Å². The normalized spacial score (nSPS) is 16.1. The van der Waals surface area contributed by atoms with Gasteiger partial charge in [0.1, 0.15) is 12.1 Å². The van der Waals surface area contributed by atoms with Crippen molar-refractivity contribution in [1.82, 2.24) is 19.7 Å². The van der Waals surface area contributed by atoms with Crippen molar-refractivity contribution in [3.8, 4) is 0 Å². The molecule has 29 heavy (non-hydrogen) atoms. The van der Waals surface area contributed by atoms with Crippen molar-refractivity contribution in [3.05, 3.63) is 76.2 Å². The maximum absolute atomic E-state index is 13.0. The molecule has 0 saturated heterocycles. The third kappa shape index (κ3) is 2.92. The first-order valence-electron chi connectivity index (χ1n) is 9.94. The number of carbonyl (C=O) groups is 1. The fourth-order valence-electron chi connectivity index (χ4n) is 4.49. The van der Waals surface area contributed by atoms with Gasteiger partial charge >= 0.3 is 0 Å². The van der Waals surface area contributed by atoms with Gasteiger partial charge in [-0.05, 0) is 36.5 Å². The first kappa shape index (κ1) is 17.7. The Bertz CT molecular complexity index is 1300. The van der Waals surface area contributed by atoms with Crippen molar-refractivity contribution in [3.63, 3.8) is 0 Å². The lowest BCUT2D eigenvalue weighted by molar-refractivity contribution is -0.122. The van der Waals surface area contributed by atoms with Crippen LogP contribution in [0, 0.1) is 0 Å². The highest BCUT2D eigenvalue weighted by Gasteiger charge is 2.23. The SMILES string of the molecule is Cn1ncc2c3ccccc3n(CC(=O)N[C@@H]3CCCc4ccccc43)c2c1=O. The number of para-hydroxylation sites is 1. The summed E-state index contributed by atoms with van der Waals surface area (Å²) in [6.45, 7) is 0.0991. The molecule has 2 heterocycles. The van der Waals surface area contributed by atoms with E-state index in [2.05, 4.69) is 22.5 Å². The number of hydrogen-bond donors (Lipinski definition) is 1. The zero-order valence-corrected chi connectivity index (χ0v) is 16.3. The van der Waals surface area contributed by atoms with E-state index < -0.39 is 0 Å². The highest BCUT2D eigenvalue weighted by molar-refractivity contribution is 6.07. The number of aromatic nitrogens is 3. The van der Waals surface area contributed by atoms with E-state index in [1.807, 2.05) is 41.0 Å². The maximum atomic E-state index is 13.0. The van der Waals surface area contributed by atoms with Gasteiger partial charge < -0.3 is 9.88 Å². The summed E-state index contributed by atoms with van der Waals surface area (Å²) in [5.41, 5.74) is 3.69.